The summed E-state index contributed by atoms with van der Waals surface area (Å²) in [6, 6.07) is 0. The zero-order valence-electron chi connectivity index (χ0n) is 44.3. The van der Waals surface area contributed by atoms with Gasteiger partial charge in [-0.1, -0.05) is 258 Å². The fourth-order valence-electron chi connectivity index (χ4n) is 7.44. The lowest BCUT2D eigenvalue weighted by Gasteiger charge is -2.18. The van der Waals surface area contributed by atoms with Crippen molar-refractivity contribution >= 4 is 11.9 Å². The molecule has 0 radical (unpaired) electrons. The Bertz CT molecular complexity index is 1390. The molecule has 0 spiro atoms. The lowest BCUT2D eigenvalue weighted by molar-refractivity contribution is -0.162. The number of esters is 2. The first-order chi connectivity index (χ1) is 33.6. The van der Waals surface area contributed by atoms with Crippen LogP contribution in [0.3, 0.4) is 0 Å². The average molecular weight is 942 g/mol. The summed E-state index contributed by atoms with van der Waals surface area (Å²) in [6.07, 6.45) is 81.1. The van der Waals surface area contributed by atoms with Crippen LogP contribution in [0.25, 0.3) is 0 Å². The van der Waals surface area contributed by atoms with Gasteiger partial charge in [-0.15, -0.1) is 0 Å². The number of allylic oxidation sites excluding steroid dienone is 19. The van der Waals surface area contributed by atoms with Crippen molar-refractivity contribution < 1.29 is 23.8 Å². The van der Waals surface area contributed by atoms with Crippen LogP contribution in [0.1, 0.15) is 239 Å². The molecule has 0 amide bonds. The highest BCUT2D eigenvalue weighted by Gasteiger charge is 2.17. The van der Waals surface area contributed by atoms with Gasteiger partial charge in [0.05, 0.1) is 13.0 Å². The minimum atomic E-state index is -0.620. The van der Waals surface area contributed by atoms with Gasteiger partial charge in [-0.05, 0) is 89.9 Å². The first kappa shape index (κ1) is 64.3. The second kappa shape index (κ2) is 57.6. The van der Waals surface area contributed by atoms with Gasteiger partial charge in [0.15, 0.2) is 6.10 Å². The van der Waals surface area contributed by atoms with Crippen LogP contribution in [-0.2, 0) is 23.8 Å². The normalized spacial score (nSPS) is 13.2. The molecule has 0 aromatic rings. The number of hydrogen-bond donors (Lipinski definition) is 0. The van der Waals surface area contributed by atoms with Crippen molar-refractivity contribution in [3.8, 4) is 0 Å². The highest BCUT2D eigenvalue weighted by molar-refractivity contribution is 5.71. The van der Waals surface area contributed by atoms with E-state index in [2.05, 4.69) is 130 Å². The molecule has 0 N–H and O–H groups in total. The van der Waals surface area contributed by atoms with E-state index in [1.54, 1.807) is 0 Å². The molecule has 0 saturated carbocycles. The Kier molecular flexibility index (Phi) is 54.5. The SMILES string of the molecule is CC/C=C\C/C=C\C/C=C\C/C=C\C/C=C\CCCCOCC(COC(=O)CCCCCCCCCCCCCCCCCCCCC)OC(=O)C/C=C\C/C=C\C/C=C\C/C=C\C/C=C\CC. The van der Waals surface area contributed by atoms with Crippen molar-refractivity contribution in [3.05, 3.63) is 122 Å². The monoisotopic (exact) mass is 941 g/mol. The van der Waals surface area contributed by atoms with Gasteiger partial charge in [0.25, 0.3) is 0 Å². The Morgan fingerprint density at radius 2 is 0.706 bits per heavy atom. The fourth-order valence-corrected chi connectivity index (χ4v) is 7.44. The second-order valence-electron chi connectivity index (χ2n) is 18.1. The molecule has 1 atom stereocenters. The summed E-state index contributed by atoms with van der Waals surface area (Å²) in [5.74, 6) is -0.568. The summed E-state index contributed by atoms with van der Waals surface area (Å²) in [4.78, 5) is 25.4. The van der Waals surface area contributed by atoms with Gasteiger partial charge in [-0.25, -0.2) is 0 Å². The number of unbranched alkanes of at least 4 members (excludes halogenated alkanes) is 20. The largest absolute Gasteiger partial charge is 0.462 e. The Morgan fingerprint density at radius 1 is 0.353 bits per heavy atom. The molecule has 5 heteroatoms. The molecule has 0 aromatic heterocycles. The molecule has 0 aromatic carbocycles. The van der Waals surface area contributed by atoms with Gasteiger partial charge >= 0.3 is 11.9 Å². The molecular formula is C63H104O5. The highest BCUT2D eigenvalue weighted by atomic mass is 16.6. The summed E-state index contributed by atoms with van der Waals surface area (Å²) in [5.41, 5.74) is 0. The zero-order valence-corrected chi connectivity index (χ0v) is 44.3. The van der Waals surface area contributed by atoms with Crippen LogP contribution in [0.5, 0.6) is 0 Å². The Morgan fingerprint density at radius 3 is 1.10 bits per heavy atom. The Labute approximate surface area is 420 Å². The van der Waals surface area contributed by atoms with E-state index in [9.17, 15) is 9.59 Å². The molecule has 0 aliphatic heterocycles. The zero-order chi connectivity index (χ0) is 49.2. The van der Waals surface area contributed by atoms with Gasteiger partial charge in [0, 0.05) is 13.0 Å². The van der Waals surface area contributed by atoms with E-state index in [0.29, 0.717) is 13.0 Å². The third-order valence-electron chi connectivity index (χ3n) is 11.5. The number of carbonyl (C=O) groups is 2. The predicted molar refractivity (Wildman–Crippen MR) is 297 cm³/mol. The maximum atomic E-state index is 12.8. The molecule has 0 saturated heterocycles. The van der Waals surface area contributed by atoms with Crippen molar-refractivity contribution in [2.24, 2.45) is 0 Å². The third kappa shape index (κ3) is 54.9. The van der Waals surface area contributed by atoms with Crippen molar-refractivity contribution in [2.75, 3.05) is 19.8 Å². The summed E-state index contributed by atoms with van der Waals surface area (Å²) >= 11 is 0. The van der Waals surface area contributed by atoms with E-state index in [1.807, 2.05) is 12.2 Å². The summed E-state index contributed by atoms with van der Waals surface area (Å²) in [6.45, 7) is 7.40. The molecule has 0 rings (SSSR count). The van der Waals surface area contributed by atoms with Crippen LogP contribution in [0.15, 0.2) is 122 Å². The summed E-state index contributed by atoms with van der Waals surface area (Å²) < 4.78 is 17.3. The van der Waals surface area contributed by atoms with E-state index < -0.39 is 6.10 Å². The molecule has 1 unspecified atom stereocenters. The van der Waals surface area contributed by atoms with Gasteiger partial charge in [0.1, 0.15) is 6.61 Å². The van der Waals surface area contributed by atoms with Crippen molar-refractivity contribution in [1.29, 1.82) is 0 Å². The van der Waals surface area contributed by atoms with Crippen LogP contribution in [0, 0.1) is 0 Å². The standard InChI is InChI=1S/C63H104O5/c1-4-7-10-13-16-19-22-25-28-30-32-33-36-38-41-44-47-50-53-56-62(64)67-60-61(68-63(65)57-54-51-48-45-42-39-35-27-24-21-18-15-12-9-6-3)59-66-58-55-52-49-46-43-40-37-34-31-29-26-23-20-17-14-11-8-5-2/h8-9,11-12,17-18,20-21,26-27,29,34-35,37,42-43,45-46,51,54,61H,4-7,10,13-16,19,22-25,28,30-33,36,38-41,44,47-50,52-53,55-60H2,1-3H3/b11-8-,12-9-,20-17-,21-18-,29-26-,35-27-,37-34-,45-42-,46-43-,54-51-. The van der Waals surface area contributed by atoms with Gasteiger partial charge < -0.3 is 14.2 Å². The molecule has 5 nitrogen and oxygen atoms in total. The molecule has 0 fully saturated rings. The van der Waals surface area contributed by atoms with E-state index in [-0.39, 0.29) is 31.6 Å². The van der Waals surface area contributed by atoms with Crippen molar-refractivity contribution in [3.63, 3.8) is 0 Å². The quantitative estimate of drug-likeness (QED) is 0.0345. The van der Waals surface area contributed by atoms with Crippen molar-refractivity contribution in [2.45, 2.75) is 245 Å². The fraction of sp³-hybridized carbons (Fsp3) is 0.651. The van der Waals surface area contributed by atoms with Crippen LogP contribution >= 0.6 is 0 Å². The first-order valence-corrected chi connectivity index (χ1v) is 28.1. The third-order valence-corrected chi connectivity index (χ3v) is 11.5. The van der Waals surface area contributed by atoms with E-state index in [4.69, 9.17) is 14.2 Å². The molecule has 0 bridgehead atoms. The number of ether oxygens (including phenoxy) is 3. The van der Waals surface area contributed by atoms with Gasteiger partial charge in [-0.2, -0.15) is 0 Å². The molecule has 386 valence electrons. The number of rotatable bonds is 50. The van der Waals surface area contributed by atoms with Crippen LogP contribution in [0.4, 0.5) is 0 Å². The number of carbonyl (C=O) groups excluding carboxylic acids is 2. The van der Waals surface area contributed by atoms with E-state index >= 15 is 0 Å². The van der Waals surface area contributed by atoms with Gasteiger partial charge in [-0.3, -0.25) is 9.59 Å². The van der Waals surface area contributed by atoms with E-state index in [0.717, 1.165) is 103 Å². The Balaban J connectivity index is 4.44. The van der Waals surface area contributed by atoms with Crippen LogP contribution < -0.4 is 0 Å². The van der Waals surface area contributed by atoms with Gasteiger partial charge in [0.2, 0.25) is 0 Å². The second-order valence-corrected chi connectivity index (χ2v) is 18.1. The topological polar surface area (TPSA) is 61.8 Å². The first-order valence-electron chi connectivity index (χ1n) is 28.1. The molecule has 68 heavy (non-hydrogen) atoms. The maximum absolute atomic E-state index is 12.8. The van der Waals surface area contributed by atoms with E-state index in [1.165, 1.54) is 103 Å². The highest BCUT2D eigenvalue weighted by Crippen LogP contribution is 2.15. The smallest absolute Gasteiger partial charge is 0.310 e. The minimum absolute atomic E-state index is 0.0232. The summed E-state index contributed by atoms with van der Waals surface area (Å²) in [5, 5.41) is 0. The molecular weight excluding hydrogens is 837 g/mol. The van der Waals surface area contributed by atoms with Crippen molar-refractivity contribution in [1.82, 2.24) is 0 Å². The average Bonchev–Trinajstić information content (AvgIpc) is 3.34. The minimum Gasteiger partial charge on any atom is -0.462 e. The summed E-state index contributed by atoms with van der Waals surface area (Å²) in [7, 11) is 0. The van der Waals surface area contributed by atoms with Crippen LogP contribution in [0.2, 0.25) is 0 Å². The molecule has 0 heterocycles. The molecule has 0 aliphatic rings. The molecule has 0 aliphatic carbocycles. The lowest BCUT2D eigenvalue weighted by Crippen LogP contribution is -2.29. The predicted octanol–water partition coefficient (Wildman–Crippen LogP) is 19.3. The Hall–Kier alpha value is -3.70. The number of hydrogen-bond acceptors (Lipinski definition) is 5. The van der Waals surface area contributed by atoms with Crippen LogP contribution in [-0.4, -0.2) is 37.9 Å². The maximum Gasteiger partial charge on any atom is 0.310 e. The lowest BCUT2D eigenvalue weighted by atomic mass is 10.0.